The molecule has 14 heavy (non-hydrogen) atoms. The molecule has 0 aromatic rings. The van der Waals surface area contributed by atoms with E-state index in [9.17, 15) is 5.11 Å². The molecule has 0 radical (unpaired) electrons. The van der Waals surface area contributed by atoms with Crippen LogP contribution in [-0.2, 0) is 0 Å². The van der Waals surface area contributed by atoms with E-state index < -0.39 is 0 Å². The fourth-order valence-electron chi connectivity index (χ4n) is 1.77. The molecule has 0 amide bonds. The van der Waals surface area contributed by atoms with Gasteiger partial charge in [-0.05, 0) is 26.3 Å². The van der Waals surface area contributed by atoms with Crippen LogP contribution in [0.25, 0.3) is 0 Å². The van der Waals surface area contributed by atoms with Crippen molar-refractivity contribution < 1.29 is 5.11 Å². The number of likely N-dealkylation sites (N-methyl/N-ethyl adjacent to an activating group) is 1. The van der Waals surface area contributed by atoms with E-state index in [0.717, 1.165) is 19.0 Å². The monoisotopic (exact) mass is 201 g/mol. The summed E-state index contributed by atoms with van der Waals surface area (Å²) in [6, 6.07) is 0.278. The molecule has 0 spiro atoms. The fourth-order valence-corrected chi connectivity index (χ4v) is 1.77. The van der Waals surface area contributed by atoms with Crippen LogP contribution < -0.4 is 0 Å². The topological polar surface area (TPSA) is 23.5 Å². The zero-order valence-corrected chi connectivity index (χ0v) is 10.5. The first-order valence-electron chi connectivity index (χ1n) is 5.98. The van der Waals surface area contributed by atoms with Crippen LogP contribution in [0.3, 0.4) is 0 Å². The molecule has 0 aliphatic carbocycles. The Hall–Kier alpha value is -0.0800. The molecule has 0 saturated carbocycles. The van der Waals surface area contributed by atoms with Crippen molar-refractivity contribution in [2.24, 2.45) is 5.92 Å². The number of hydrogen-bond donors (Lipinski definition) is 1. The molecule has 1 N–H and O–H groups in total. The second-order valence-corrected chi connectivity index (χ2v) is 4.25. The average molecular weight is 201 g/mol. The number of hydrogen-bond acceptors (Lipinski definition) is 2. The number of nitrogens with zero attached hydrogens (tertiary/aromatic N) is 1. The van der Waals surface area contributed by atoms with E-state index in [0.29, 0.717) is 0 Å². The maximum atomic E-state index is 9.54. The van der Waals surface area contributed by atoms with Gasteiger partial charge in [0.1, 0.15) is 0 Å². The molecule has 2 unspecified atom stereocenters. The third kappa shape index (κ3) is 4.43. The maximum absolute atomic E-state index is 9.54. The van der Waals surface area contributed by atoms with E-state index in [4.69, 9.17) is 0 Å². The van der Waals surface area contributed by atoms with E-state index in [2.05, 4.69) is 32.6 Å². The molecule has 0 aromatic carbocycles. The van der Waals surface area contributed by atoms with Gasteiger partial charge >= 0.3 is 0 Å². The van der Waals surface area contributed by atoms with Crippen LogP contribution in [-0.4, -0.2) is 35.2 Å². The molecular formula is C12H27NO. The van der Waals surface area contributed by atoms with E-state index >= 15 is 0 Å². The molecule has 0 saturated heterocycles. The SMILES string of the molecule is CCC(CC)CN(CC)C(C)C(C)O. The van der Waals surface area contributed by atoms with Crippen LogP contribution in [0.15, 0.2) is 0 Å². The highest BCUT2D eigenvalue weighted by Gasteiger charge is 2.19. The second kappa shape index (κ2) is 7.24. The lowest BCUT2D eigenvalue weighted by atomic mass is 10.0. The Bertz CT molecular complexity index is 132. The lowest BCUT2D eigenvalue weighted by molar-refractivity contribution is 0.0630. The molecule has 2 heteroatoms. The molecule has 0 aliphatic rings. The lowest BCUT2D eigenvalue weighted by Gasteiger charge is -2.32. The summed E-state index contributed by atoms with van der Waals surface area (Å²) in [5.74, 6) is 0.774. The van der Waals surface area contributed by atoms with Crippen LogP contribution in [0.4, 0.5) is 0 Å². The summed E-state index contributed by atoms with van der Waals surface area (Å²) in [5.41, 5.74) is 0. The molecule has 2 nitrogen and oxygen atoms in total. The van der Waals surface area contributed by atoms with Gasteiger partial charge in [0.05, 0.1) is 6.10 Å². The molecule has 0 bridgehead atoms. The van der Waals surface area contributed by atoms with Gasteiger partial charge in [-0.15, -0.1) is 0 Å². The Morgan fingerprint density at radius 1 is 1.07 bits per heavy atom. The number of aliphatic hydroxyl groups excluding tert-OH is 1. The molecule has 2 atom stereocenters. The zero-order valence-electron chi connectivity index (χ0n) is 10.5. The van der Waals surface area contributed by atoms with E-state index in [1.807, 2.05) is 6.92 Å². The number of rotatable bonds is 7. The summed E-state index contributed by atoms with van der Waals surface area (Å²) < 4.78 is 0. The Morgan fingerprint density at radius 3 is 1.86 bits per heavy atom. The minimum atomic E-state index is -0.232. The van der Waals surface area contributed by atoms with E-state index in [-0.39, 0.29) is 12.1 Å². The Morgan fingerprint density at radius 2 is 1.57 bits per heavy atom. The van der Waals surface area contributed by atoms with E-state index in [1.165, 1.54) is 12.8 Å². The molecule has 0 heterocycles. The summed E-state index contributed by atoms with van der Waals surface area (Å²) in [6.07, 6.45) is 2.24. The van der Waals surface area contributed by atoms with Crippen molar-refractivity contribution in [3.63, 3.8) is 0 Å². The Kier molecular flexibility index (Phi) is 7.20. The van der Waals surface area contributed by atoms with Crippen LogP contribution in [0.1, 0.15) is 47.5 Å². The highest BCUT2D eigenvalue weighted by atomic mass is 16.3. The van der Waals surface area contributed by atoms with Gasteiger partial charge < -0.3 is 5.11 Å². The molecule has 0 aliphatic heterocycles. The molecule has 0 rings (SSSR count). The molecule has 0 fully saturated rings. The Labute approximate surface area is 89.3 Å². The molecule has 86 valence electrons. The van der Waals surface area contributed by atoms with Gasteiger partial charge in [0.25, 0.3) is 0 Å². The highest BCUT2D eigenvalue weighted by Crippen LogP contribution is 2.13. The van der Waals surface area contributed by atoms with Gasteiger partial charge in [0.2, 0.25) is 0 Å². The summed E-state index contributed by atoms with van der Waals surface area (Å²) >= 11 is 0. The average Bonchev–Trinajstić information content (AvgIpc) is 2.19. The van der Waals surface area contributed by atoms with Gasteiger partial charge in [-0.2, -0.15) is 0 Å². The number of aliphatic hydroxyl groups is 1. The van der Waals surface area contributed by atoms with Crippen molar-refractivity contribution in [2.75, 3.05) is 13.1 Å². The van der Waals surface area contributed by atoms with Crippen LogP contribution in [0, 0.1) is 5.92 Å². The minimum absolute atomic E-state index is 0.232. The first kappa shape index (κ1) is 13.9. The fraction of sp³-hybridized carbons (Fsp3) is 1.00. The predicted molar refractivity (Wildman–Crippen MR) is 62.5 cm³/mol. The summed E-state index contributed by atoms with van der Waals surface area (Å²) in [4.78, 5) is 2.38. The molecule has 0 aromatic heterocycles. The Balaban J connectivity index is 4.12. The van der Waals surface area contributed by atoms with Crippen molar-refractivity contribution >= 4 is 0 Å². The minimum Gasteiger partial charge on any atom is -0.392 e. The van der Waals surface area contributed by atoms with Crippen LogP contribution in [0.5, 0.6) is 0 Å². The smallest absolute Gasteiger partial charge is 0.0664 e. The van der Waals surface area contributed by atoms with Crippen molar-refractivity contribution in [3.8, 4) is 0 Å². The standard InChI is InChI=1S/C12H27NO/c1-6-12(7-2)9-13(8-3)10(4)11(5)14/h10-12,14H,6-9H2,1-5H3. The molecular weight excluding hydrogens is 174 g/mol. The van der Waals surface area contributed by atoms with E-state index in [1.54, 1.807) is 0 Å². The summed E-state index contributed by atoms with van der Waals surface area (Å²) in [6.45, 7) is 12.8. The summed E-state index contributed by atoms with van der Waals surface area (Å²) in [7, 11) is 0. The van der Waals surface area contributed by atoms with Gasteiger partial charge in [0, 0.05) is 12.6 Å². The van der Waals surface area contributed by atoms with Crippen molar-refractivity contribution in [1.29, 1.82) is 0 Å². The largest absolute Gasteiger partial charge is 0.392 e. The maximum Gasteiger partial charge on any atom is 0.0664 e. The normalized spacial score (nSPS) is 16.3. The van der Waals surface area contributed by atoms with Crippen LogP contribution in [0.2, 0.25) is 0 Å². The predicted octanol–water partition coefficient (Wildman–Crippen LogP) is 2.51. The highest BCUT2D eigenvalue weighted by molar-refractivity contribution is 4.73. The first-order valence-corrected chi connectivity index (χ1v) is 5.98. The lowest BCUT2D eigenvalue weighted by Crippen LogP contribution is -2.42. The second-order valence-electron chi connectivity index (χ2n) is 4.25. The van der Waals surface area contributed by atoms with Crippen LogP contribution >= 0.6 is 0 Å². The van der Waals surface area contributed by atoms with Gasteiger partial charge in [0.15, 0.2) is 0 Å². The third-order valence-electron chi connectivity index (χ3n) is 3.33. The van der Waals surface area contributed by atoms with Gasteiger partial charge in [-0.1, -0.05) is 33.6 Å². The first-order chi connectivity index (χ1) is 6.56. The van der Waals surface area contributed by atoms with Crippen molar-refractivity contribution in [1.82, 2.24) is 4.90 Å². The van der Waals surface area contributed by atoms with Gasteiger partial charge in [-0.25, -0.2) is 0 Å². The van der Waals surface area contributed by atoms with Gasteiger partial charge in [-0.3, -0.25) is 4.90 Å². The quantitative estimate of drug-likeness (QED) is 0.684. The third-order valence-corrected chi connectivity index (χ3v) is 3.33. The van der Waals surface area contributed by atoms with Crippen molar-refractivity contribution in [2.45, 2.75) is 59.6 Å². The summed E-state index contributed by atoms with van der Waals surface area (Å²) in [5, 5.41) is 9.54. The zero-order chi connectivity index (χ0) is 11.1. The van der Waals surface area contributed by atoms with Crippen molar-refractivity contribution in [3.05, 3.63) is 0 Å².